The number of alkyl halides is 3. The number of carbonyl (C=O) groups is 2. The molecular formula is C29H38F3N7O5. The Balaban J connectivity index is 1.52. The van der Waals surface area contributed by atoms with Gasteiger partial charge in [-0.25, -0.2) is 14.3 Å². The van der Waals surface area contributed by atoms with Crippen LogP contribution in [0.5, 0.6) is 0 Å². The smallest absolute Gasteiger partial charge is 0.416 e. The van der Waals surface area contributed by atoms with Gasteiger partial charge in [0.15, 0.2) is 11.5 Å². The van der Waals surface area contributed by atoms with E-state index in [1.165, 1.54) is 17.5 Å². The van der Waals surface area contributed by atoms with Crippen LogP contribution in [0.25, 0.3) is 5.65 Å². The molecule has 240 valence electrons. The Bertz CT molecular complexity index is 1480. The fraction of sp³-hybridized carbons (Fsp3) is 0.517. The molecule has 0 atom stereocenters. The highest BCUT2D eigenvalue weighted by Crippen LogP contribution is 2.34. The highest BCUT2D eigenvalue weighted by molar-refractivity contribution is 5.72. The van der Waals surface area contributed by atoms with E-state index in [9.17, 15) is 22.8 Å². The topological polar surface area (TPSA) is 145 Å². The zero-order chi connectivity index (χ0) is 32.1. The van der Waals surface area contributed by atoms with Crippen molar-refractivity contribution in [3.63, 3.8) is 0 Å². The Morgan fingerprint density at radius 2 is 1.86 bits per heavy atom. The van der Waals surface area contributed by atoms with Crippen molar-refractivity contribution in [1.29, 1.82) is 0 Å². The molecule has 1 aliphatic rings. The van der Waals surface area contributed by atoms with Crippen molar-refractivity contribution in [1.82, 2.24) is 25.2 Å². The second kappa shape index (κ2) is 13.7. The van der Waals surface area contributed by atoms with E-state index in [2.05, 4.69) is 15.6 Å². The zero-order valence-corrected chi connectivity index (χ0v) is 25.2. The number of rotatable bonds is 10. The summed E-state index contributed by atoms with van der Waals surface area (Å²) in [7, 11) is 0. The number of benzene rings is 1. The summed E-state index contributed by atoms with van der Waals surface area (Å²) < 4.78 is 58.6. The summed E-state index contributed by atoms with van der Waals surface area (Å²) in [6.45, 7) is 9.03. The number of imidazole rings is 1. The number of nitrogen functional groups attached to an aromatic ring is 1. The molecule has 3 heterocycles. The fourth-order valence-corrected chi connectivity index (χ4v) is 4.68. The first-order chi connectivity index (χ1) is 20.7. The highest BCUT2D eigenvalue weighted by Gasteiger charge is 2.33. The molecule has 3 aromatic rings. The number of alkyl carbamates (subject to hydrolysis) is 1. The average Bonchev–Trinajstić information content (AvgIpc) is 3.29. The largest absolute Gasteiger partial charge is 0.458 e. The van der Waals surface area contributed by atoms with Crippen LogP contribution in [0.4, 0.5) is 29.5 Å². The number of fused-ring (bicyclic) bond motifs is 1. The molecule has 1 fully saturated rings. The van der Waals surface area contributed by atoms with E-state index < -0.39 is 29.4 Å². The number of hydrogen-bond acceptors (Lipinski definition) is 10. The first-order valence-electron chi connectivity index (χ1n) is 14.2. The number of nitrogens with zero attached hydrogens (tertiary/aromatic N) is 4. The molecule has 0 bridgehead atoms. The van der Waals surface area contributed by atoms with E-state index in [0.717, 1.165) is 6.07 Å². The van der Waals surface area contributed by atoms with E-state index in [1.807, 2.05) is 4.90 Å². The molecule has 0 radical (unpaired) electrons. The van der Waals surface area contributed by atoms with Crippen LogP contribution in [0.15, 0.2) is 24.3 Å². The van der Waals surface area contributed by atoms with Gasteiger partial charge in [-0.15, -0.1) is 5.10 Å². The van der Waals surface area contributed by atoms with Gasteiger partial charge in [0.1, 0.15) is 17.9 Å². The molecule has 0 aliphatic carbocycles. The number of carbonyl (C=O) groups excluding carboxylic acids is 2. The minimum atomic E-state index is -4.51. The quantitative estimate of drug-likeness (QED) is 0.228. The Morgan fingerprint density at radius 3 is 2.55 bits per heavy atom. The number of esters is 1. The van der Waals surface area contributed by atoms with Crippen molar-refractivity contribution in [2.45, 2.75) is 52.5 Å². The van der Waals surface area contributed by atoms with Crippen LogP contribution in [0.3, 0.4) is 0 Å². The van der Waals surface area contributed by atoms with Crippen LogP contribution in [-0.2, 0) is 38.2 Å². The van der Waals surface area contributed by atoms with Gasteiger partial charge < -0.3 is 35.5 Å². The molecule has 0 spiro atoms. The van der Waals surface area contributed by atoms with Crippen LogP contribution in [0.1, 0.15) is 48.8 Å². The van der Waals surface area contributed by atoms with Gasteiger partial charge in [-0.2, -0.15) is 13.2 Å². The van der Waals surface area contributed by atoms with Crippen molar-refractivity contribution in [2.24, 2.45) is 0 Å². The number of ether oxygens (including phenoxy) is 3. The molecule has 0 unspecified atom stereocenters. The van der Waals surface area contributed by atoms with Gasteiger partial charge in [0.25, 0.3) is 0 Å². The Morgan fingerprint density at radius 1 is 1.14 bits per heavy atom. The average molecular weight is 622 g/mol. The summed E-state index contributed by atoms with van der Waals surface area (Å²) in [5.74, 6) is -0.0130. The predicted molar refractivity (Wildman–Crippen MR) is 156 cm³/mol. The number of halogens is 3. The van der Waals surface area contributed by atoms with Gasteiger partial charge in [0.05, 0.1) is 36.7 Å². The number of nitrogens with one attached hydrogen (secondary N) is 2. The minimum Gasteiger partial charge on any atom is -0.458 e. The zero-order valence-electron chi connectivity index (χ0n) is 25.2. The van der Waals surface area contributed by atoms with Gasteiger partial charge in [0, 0.05) is 38.7 Å². The Labute approximate surface area is 253 Å². The van der Waals surface area contributed by atoms with Crippen molar-refractivity contribution in [3.8, 4) is 0 Å². The molecule has 1 aromatic carbocycles. The minimum absolute atomic E-state index is 0.0391. The van der Waals surface area contributed by atoms with Crippen LogP contribution in [-0.4, -0.2) is 78.2 Å². The summed E-state index contributed by atoms with van der Waals surface area (Å²) in [6.07, 6.45) is -5.04. The number of amides is 1. The maximum absolute atomic E-state index is 13.7. The molecule has 1 amide bonds. The number of anilines is 2. The molecule has 4 rings (SSSR count). The van der Waals surface area contributed by atoms with E-state index in [4.69, 9.17) is 25.0 Å². The number of morpholine rings is 1. The maximum Gasteiger partial charge on any atom is 0.416 e. The molecular weight excluding hydrogens is 583 g/mol. The molecule has 12 nitrogen and oxygen atoms in total. The van der Waals surface area contributed by atoms with Gasteiger partial charge in [-0.1, -0.05) is 12.1 Å². The molecule has 1 saturated heterocycles. The lowest BCUT2D eigenvalue weighted by Crippen LogP contribution is -2.37. The van der Waals surface area contributed by atoms with Crippen molar-refractivity contribution in [2.75, 3.05) is 56.6 Å². The van der Waals surface area contributed by atoms with Gasteiger partial charge >= 0.3 is 18.2 Å². The predicted octanol–water partition coefficient (Wildman–Crippen LogP) is 3.22. The van der Waals surface area contributed by atoms with Crippen molar-refractivity contribution >= 4 is 29.2 Å². The summed E-state index contributed by atoms with van der Waals surface area (Å²) in [6, 6.07) is 5.71. The lowest BCUT2D eigenvalue weighted by Gasteiger charge is -2.27. The van der Waals surface area contributed by atoms with Crippen molar-refractivity contribution in [3.05, 3.63) is 52.3 Å². The normalized spacial score (nSPS) is 14.1. The van der Waals surface area contributed by atoms with Crippen molar-refractivity contribution < 1.29 is 37.0 Å². The van der Waals surface area contributed by atoms with Gasteiger partial charge in [-0.3, -0.25) is 4.79 Å². The summed E-state index contributed by atoms with van der Waals surface area (Å²) >= 11 is 0. The van der Waals surface area contributed by atoms with E-state index in [1.54, 1.807) is 32.9 Å². The first kappa shape index (κ1) is 32.8. The number of nitrogens with two attached hydrogens (primary N) is 1. The maximum atomic E-state index is 13.7. The van der Waals surface area contributed by atoms with E-state index >= 15 is 0 Å². The Kier molecular flexibility index (Phi) is 10.2. The highest BCUT2D eigenvalue weighted by atomic mass is 19.4. The number of aromatic nitrogens is 3. The van der Waals surface area contributed by atoms with Crippen LogP contribution in [0, 0.1) is 6.92 Å². The van der Waals surface area contributed by atoms with Gasteiger partial charge in [-0.05, 0) is 44.9 Å². The third-order valence-electron chi connectivity index (χ3n) is 6.83. The van der Waals surface area contributed by atoms with Crippen LogP contribution >= 0.6 is 0 Å². The fourth-order valence-electron chi connectivity index (χ4n) is 4.68. The SMILES string of the molecule is Cc1c(Cc2c(COC(=O)CNCCNC(=O)OC(C)(C)C)nc3c(N)cc(N4CCOCC4)nn23)cccc1C(F)(F)F. The monoisotopic (exact) mass is 621 g/mol. The van der Waals surface area contributed by atoms with Gasteiger partial charge in [0.2, 0.25) is 0 Å². The second-order valence-electron chi connectivity index (χ2n) is 11.3. The Hall–Kier alpha value is -4.11. The third-order valence-corrected chi connectivity index (χ3v) is 6.83. The van der Waals surface area contributed by atoms with E-state index in [-0.39, 0.29) is 38.2 Å². The lowest BCUT2D eigenvalue weighted by molar-refractivity contribution is -0.144. The summed E-state index contributed by atoms with van der Waals surface area (Å²) in [4.78, 5) is 30.8. The lowest BCUT2D eigenvalue weighted by atomic mass is 9.98. The standard InChI is InChI=1S/C29H38F3N7O5/c1-18-19(6-5-7-20(18)29(30,31)32)14-23-22(17-43-25(40)16-34-8-9-35-27(41)44-28(2,3)4)36-26-21(33)15-24(37-39(23)26)38-10-12-42-13-11-38/h5-7,15,34H,8-14,16-17,33H2,1-4H3,(H,35,41). The molecule has 1 aliphatic heterocycles. The summed E-state index contributed by atoms with van der Waals surface area (Å²) in [5.41, 5.74) is 6.91. The molecule has 4 N–H and O–H groups in total. The number of hydrogen-bond donors (Lipinski definition) is 3. The van der Waals surface area contributed by atoms with Crippen LogP contribution in [0.2, 0.25) is 0 Å². The second-order valence-corrected chi connectivity index (χ2v) is 11.3. The molecule has 15 heteroatoms. The van der Waals surface area contributed by atoms with Crippen LogP contribution < -0.4 is 21.3 Å². The third kappa shape index (κ3) is 8.50. The van der Waals surface area contributed by atoms with E-state index in [0.29, 0.717) is 60.4 Å². The summed E-state index contributed by atoms with van der Waals surface area (Å²) in [5, 5.41) is 10.2. The molecule has 2 aromatic heterocycles. The first-order valence-corrected chi connectivity index (χ1v) is 14.2. The molecule has 44 heavy (non-hydrogen) atoms. The molecule has 0 saturated carbocycles.